The highest BCUT2D eigenvalue weighted by molar-refractivity contribution is 8.00. The first kappa shape index (κ1) is 15.9. The van der Waals surface area contributed by atoms with E-state index >= 15 is 0 Å². The topological polar surface area (TPSA) is 46.1 Å². The second kappa shape index (κ2) is 7.08. The van der Waals surface area contributed by atoms with Crippen LogP contribution in [0.2, 0.25) is 0 Å². The molecule has 23 heavy (non-hydrogen) atoms. The molecule has 0 radical (unpaired) electrons. The molecular formula is C17H18FN3OS. The molecule has 1 amide bonds. The van der Waals surface area contributed by atoms with E-state index in [-0.39, 0.29) is 17.0 Å². The maximum Gasteiger partial charge on any atom is 0.236 e. The standard InChI is InChI=1S/C17H18FN3OS/c1-21(17(22)14-4-2-11-23-14)15(16-19-9-3-10-20-16)12-5-7-13(18)8-6-12/h3,5-10,14-15H,2,4,11H2,1H3/t14-,15-/m0/s1. The summed E-state index contributed by atoms with van der Waals surface area (Å²) in [5, 5.41) is -0.00772. The Morgan fingerprint density at radius 2 is 2.00 bits per heavy atom. The molecule has 1 aliphatic heterocycles. The van der Waals surface area contributed by atoms with Gasteiger partial charge in [-0.3, -0.25) is 4.79 Å². The zero-order chi connectivity index (χ0) is 16.2. The quantitative estimate of drug-likeness (QED) is 0.864. The zero-order valence-electron chi connectivity index (χ0n) is 12.9. The first-order valence-corrected chi connectivity index (χ1v) is 8.62. The van der Waals surface area contributed by atoms with Crippen LogP contribution < -0.4 is 0 Å². The van der Waals surface area contributed by atoms with Crippen molar-refractivity contribution in [2.24, 2.45) is 0 Å². The number of benzene rings is 1. The fraction of sp³-hybridized carbons (Fsp3) is 0.353. The van der Waals surface area contributed by atoms with Crippen LogP contribution in [-0.2, 0) is 4.79 Å². The Morgan fingerprint density at radius 1 is 1.30 bits per heavy atom. The summed E-state index contributed by atoms with van der Waals surface area (Å²) < 4.78 is 13.2. The van der Waals surface area contributed by atoms with E-state index in [1.807, 2.05) is 0 Å². The lowest BCUT2D eigenvalue weighted by atomic mass is 10.0. The molecule has 120 valence electrons. The van der Waals surface area contributed by atoms with Gasteiger partial charge in [0.2, 0.25) is 5.91 Å². The molecule has 6 heteroatoms. The fourth-order valence-electron chi connectivity index (χ4n) is 2.77. The number of carbonyl (C=O) groups excluding carboxylic acids is 1. The van der Waals surface area contributed by atoms with Crippen molar-refractivity contribution in [3.05, 3.63) is 59.9 Å². The van der Waals surface area contributed by atoms with Crippen LogP contribution in [0.4, 0.5) is 4.39 Å². The second-order valence-corrected chi connectivity index (χ2v) is 6.82. The number of hydrogen-bond donors (Lipinski definition) is 0. The van der Waals surface area contributed by atoms with Crippen LogP contribution in [0.1, 0.15) is 30.3 Å². The largest absolute Gasteiger partial charge is 0.330 e. The van der Waals surface area contributed by atoms with Crippen molar-refractivity contribution in [1.82, 2.24) is 14.9 Å². The van der Waals surface area contributed by atoms with Crippen LogP contribution >= 0.6 is 11.8 Å². The molecule has 0 spiro atoms. The highest BCUT2D eigenvalue weighted by Gasteiger charge is 2.32. The molecule has 1 saturated heterocycles. The van der Waals surface area contributed by atoms with Crippen molar-refractivity contribution >= 4 is 17.7 Å². The van der Waals surface area contributed by atoms with Gasteiger partial charge in [-0.05, 0) is 42.4 Å². The summed E-state index contributed by atoms with van der Waals surface area (Å²) in [6.45, 7) is 0. The zero-order valence-corrected chi connectivity index (χ0v) is 13.7. The third-order valence-electron chi connectivity index (χ3n) is 3.96. The molecule has 4 nitrogen and oxygen atoms in total. The van der Waals surface area contributed by atoms with Gasteiger partial charge in [-0.1, -0.05) is 12.1 Å². The van der Waals surface area contributed by atoms with Gasteiger partial charge < -0.3 is 4.90 Å². The van der Waals surface area contributed by atoms with E-state index in [9.17, 15) is 9.18 Å². The van der Waals surface area contributed by atoms with Crippen LogP contribution in [0.3, 0.4) is 0 Å². The van der Waals surface area contributed by atoms with Crippen molar-refractivity contribution in [2.45, 2.75) is 24.1 Å². The van der Waals surface area contributed by atoms with Gasteiger partial charge in [-0.2, -0.15) is 0 Å². The number of thioether (sulfide) groups is 1. The van der Waals surface area contributed by atoms with Gasteiger partial charge in [0.25, 0.3) is 0 Å². The molecule has 1 aliphatic rings. The van der Waals surface area contributed by atoms with Crippen LogP contribution in [0, 0.1) is 5.82 Å². The van der Waals surface area contributed by atoms with Gasteiger partial charge >= 0.3 is 0 Å². The minimum Gasteiger partial charge on any atom is -0.330 e. The van der Waals surface area contributed by atoms with Gasteiger partial charge in [0.15, 0.2) is 5.82 Å². The number of halogens is 1. The SMILES string of the molecule is CN(C(=O)[C@@H]1CCCS1)[C@@H](c1ccc(F)cc1)c1ncccn1. The highest BCUT2D eigenvalue weighted by atomic mass is 32.2. The molecule has 1 aromatic carbocycles. The Labute approximate surface area is 139 Å². The molecule has 2 atom stereocenters. The minimum absolute atomic E-state index is 0.00772. The van der Waals surface area contributed by atoms with Crippen LogP contribution in [-0.4, -0.2) is 38.8 Å². The van der Waals surface area contributed by atoms with Gasteiger partial charge in [0.05, 0.1) is 5.25 Å². The normalized spacial score (nSPS) is 18.6. The Bertz CT molecular complexity index is 659. The molecule has 1 aromatic heterocycles. The maximum absolute atomic E-state index is 13.2. The lowest BCUT2D eigenvalue weighted by molar-refractivity contribution is -0.131. The summed E-state index contributed by atoms with van der Waals surface area (Å²) in [7, 11) is 1.77. The number of amides is 1. The predicted octanol–water partition coefficient (Wildman–Crippen LogP) is 3.06. The van der Waals surface area contributed by atoms with Crippen LogP contribution in [0.5, 0.6) is 0 Å². The molecule has 0 saturated carbocycles. The monoisotopic (exact) mass is 331 g/mol. The summed E-state index contributed by atoms with van der Waals surface area (Å²) in [5.74, 6) is 1.34. The Morgan fingerprint density at radius 3 is 2.61 bits per heavy atom. The summed E-state index contributed by atoms with van der Waals surface area (Å²) in [6.07, 6.45) is 5.28. The van der Waals surface area contributed by atoms with Crippen molar-refractivity contribution in [1.29, 1.82) is 0 Å². The smallest absolute Gasteiger partial charge is 0.236 e. The first-order chi connectivity index (χ1) is 11.2. The number of carbonyl (C=O) groups is 1. The van der Waals surface area contributed by atoms with E-state index in [2.05, 4.69) is 9.97 Å². The third kappa shape index (κ3) is 3.52. The number of aromatic nitrogens is 2. The third-order valence-corrected chi connectivity index (χ3v) is 5.32. The summed E-state index contributed by atoms with van der Waals surface area (Å²) in [5.41, 5.74) is 0.802. The molecule has 0 N–H and O–H groups in total. The van der Waals surface area contributed by atoms with E-state index in [1.54, 1.807) is 54.3 Å². The Kier molecular flexibility index (Phi) is 4.91. The lowest BCUT2D eigenvalue weighted by Gasteiger charge is -2.29. The van der Waals surface area contributed by atoms with E-state index in [0.29, 0.717) is 5.82 Å². The highest BCUT2D eigenvalue weighted by Crippen LogP contribution is 2.32. The lowest BCUT2D eigenvalue weighted by Crippen LogP contribution is -2.38. The Hall–Kier alpha value is -1.95. The molecule has 2 aromatic rings. The van der Waals surface area contributed by atoms with E-state index < -0.39 is 6.04 Å². The fourth-order valence-corrected chi connectivity index (χ4v) is 4.03. The van der Waals surface area contributed by atoms with Crippen LogP contribution in [0.25, 0.3) is 0 Å². The summed E-state index contributed by atoms with van der Waals surface area (Å²) in [4.78, 5) is 23.1. The average Bonchev–Trinajstić information content (AvgIpc) is 3.11. The van der Waals surface area contributed by atoms with E-state index in [4.69, 9.17) is 0 Å². The van der Waals surface area contributed by atoms with Gasteiger partial charge in [-0.15, -0.1) is 11.8 Å². The van der Waals surface area contributed by atoms with Crippen LogP contribution in [0.15, 0.2) is 42.7 Å². The molecule has 2 heterocycles. The number of hydrogen-bond acceptors (Lipinski definition) is 4. The summed E-state index contributed by atoms with van der Waals surface area (Å²) in [6, 6.07) is 7.48. The molecule has 0 aliphatic carbocycles. The van der Waals surface area contributed by atoms with Gasteiger partial charge in [0.1, 0.15) is 11.9 Å². The van der Waals surface area contributed by atoms with Crippen molar-refractivity contribution < 1.29 is 9.18 Å². The first-order valence-electron chi connectivity index (χ1n) is 7.57. The van der Waals surface area contributed by atoms with Crippen molar-refractivity contribution in [2.75, 3.05) is 12.8 Å². The van der Waals surface area contributed by atoms with Crippen molar-refractivity contribution in [3.63, 3.8) is 0 Å². The van der Waals surface area contributed by atoms with E-state index in [0.717, 1.165) is 24.2 Å². The number of rotatable bonds is 4. The molecular weight excluding hydrogens is 313 g/mol. The molecule has 1 fully saturated rings. The molecule has 0 unspecified atom stereocenters. The summed E-state index contributed by atoms with van der Waals surface area (Å²) >= 11 is 1.70. The minimum atomic E-state index is -0.412. The van der Waals surface area contributed by atoms with E-state index in [1.165, 1.54) is 12.1 Å². The second-order valence-electron chi connectivity index (χ2n) is 5.51. The Balaban J connectivity index is 1.94. The van der Waals surface area contributed by atoms with Gasteiger partial charge in [0, 0.05) is 19.4 Å². The number of nitrogens with zero attached hydrogens (tertiary/aromatic N) is 3. The van der Waals surface area contributed by atoms with Gasteiger partial charge in [-0.25, -0.2) is 14.4 Å². The molecule has 3 rings (SSSR count). The maximum atomic E-state index is 13.2. The average molecular weight is 331 g/mol. The van der Waals surface area contributed by atoms with Crippen molar-refractivity contribution in [3.8, 4) is 0 Å². The molecule has 0 bridgehead atoms. The predicted molar refractivity (Wildman–Crippen MR) is 88.5 cm³/mol.